The van der Waals surface area contributed by atoms with Gasteiger partial charge in [-0.3, -0.25) is 9.78 Å². The summed E-state index contributed by atoms with van der Waals surface area (Å²) < 4.78 is 16.7. The standard InChI is InChI=1S/C21H19N3O3.C5H11NO2/c1-13(2)26-18-8-7-14(11-19(18)25-3)21-23-20(24-27-21)17-6-4-5-15-12-22-10-9-16(15)17;1-3(2)4(6)5(7)8/h4-13H,1-3H3;3-4H,6H2,1-2H3,(H,7,8)/t;4-/m.0/s1. The monoisotopic (exact) mass is 478 g/mol. The summed E-state index contributed by atoms with van der Waals surface area (Å²) in [7, 11) is 1.61. The zero-order valence-corrected chi connectivity index (χ0v) is 20.4. The lowest BCUT2D eigenvalue weighted by Crippen LogP contribution is -2.34. The molecule has 35 heavy (non-hydrogen) atoms. The fourth-order valence-corrected chi connectivity index (χ4v) is 3.20. The Kier molecular flexibility index (Phi) is 8.38. The predicted octanol–water partition coefficient (Wildman–Crippen LogP) is 4.80. The summed E-state index contributed by atoms with van der Waals surface area (Å²) in [4.78, 5) is 18.7. The molecule has 9 heteroatoms. The third-order valence-electron chi connectivity index (χ3n) is 5.12. The molecule has 0 aliphatic carbocycles. The Bertz CT molecular complexity index is 1280. The van der Waals surface area contributed by atoms with Crippen molar-refractivity contribution in [3.8, 4) is 34.3 Å². The van der Waals surface area contributed by atoms with Gasteiger partial charge in [-0.1, -0.05) is 37.2 Å². The van der Waals surface area contributed by atoms with Crippen LogP contribution in [0.2, 0.25) is 0 Å². The van der Waals surface area contributed by atoms with Crippen molar-refractivity contribution in [2.75, 3.05) is 7.11 Å². The van der Waals surface area contributed by atoms with Crippen LogP contribution in [0.5, 0.6) is 11.5 Å². The second kappa shape index (κ2) is 11.4. The lowest BCUT2D eigenvalue weighted by Gasteiger charge is -2.13. The second-order valence-electron chi connectivity index (χ2n) is 8.47. The molecule has 3 N–H and O–H groups in total. The van der Waals surface area contributed by atoms with Gasteiger partial charge in [0.1, 0.15) is 6.04 Å². The van der Waals surface area contributed by atoms with E-state index in [0.29, 0.717) is 23.2 Å². The molecule has 0 unspecified atom stereocenters. The van der Waals surface area contributed by atoms with Gasteiger partial charge in [-0.2, -0.15) is 4.98 Å². The van der Waals surface area contributed by atoms with Crippen molar-refractivity contribution in [1.82, 2.24) is 15.1 Å². The van der Waals surface area contributed by atoms with E-state index in [1.54, 1.807) is 27.2 Å². The number of aromatic nitrogens is 3. The summed E-state index contributed by atoms with van der Waals surface area (Å²) in [5.41, 5.74) is 6.83. The van der Waals surface area contributed by atoms with Crippen LogP contribution in [-0.2, 0) is 4.79 Å². The van der Waals surface area contributed by atoms with Crippen molar-refractivity contribution in [1.29, 1.82) is 0 Å². The van der Waals surface area contributed by atoms with E-state index < -0.39 is 12.0 Å². The molecule has 0 amide bonds. The van der Waals surface area contributed by atoms with Crippen molar-refractivity contribution in [2.45, 2.75) is 39.8 Å². The van der Waals surface area contributed by atoms with Gasteiger partial charge in [-0.05, 0) is 49.4 Å². The molecule has 2 aromatic carbocycles. The van der Waals surface area contributed by atoms with Gasteiger partial charge in [0.05, 0.1) is 13.2 Å². The molecule has 0 aliphatic rings. The topological polar surface area (TPSA) is 134 Å². The van der Waals surface area contributed by atoms with Crippen LogP contribution < -0.4 is 15.2 Å². The van der Waals surface area contributed by atoms with Gasteiger partial charge in [0.25, 0.3) is 5.89 Å². The van der Waals surface area contributed by atoms with Gasteiger partial charge in [0.15, 0.2) is 11.5 Å². The van der Waals surface area contributed by atoms with Crippen LogP contribution in [0.3, 0.4) is 0 Å². The maximum Gasteiger partial charge on any atom is 0.320 e. The number of pyridine rings is 1. The molecule has 0 saturated heterocycles. The average molecular weight is 479 g/mol. The smallest absolute Gasteiger partial charge is 0.320 e. The van der Waals surface area contributed by atoms with Crippen molar-refractivity contribution in [2.24, 2.45) is 11.7 Å². The number of methoxy groups -OCH3 is 1. The van der Waals surface area contributed by atoms with Gasteiger partial charge >= 0.3 is 5.97 Å². The highest BCUT2D eigenvalue weighted by atomic mass is 16.5. The zero-order chi connectivity index (χ0) is 25.5. The zero-order valence-electron chi connectivity index (χ0n) is 20.4. The summed E-state index contributed by atoms with van der Waals surface area (Å²) in [6, 6.07) is 12.7. The Morgan fingerprint density at radius 2 is 1.86 bits per heavy atom. The van der Waals surface area contributed by atoms with Gasteiger partial charge in [0, 0.05) is 28.9 Å². The molecule has 2 heterocycles. The first-order valence-electron chi connectivity index (χ1n) is 11.2. The molecule has 9 nitrogen and oxygen atoms in total. The lowest BCUT2D eigenvalue weighted by molar-refractivity contribution is -0.139. The molecule has 0 saturated carbocycles. The fraction of sp³-hybridized carbons (Fsp3) is 0.308. The van der Waals surface area contributed by atoms with E-state index in [9.17, 15) is 4.79 Å². The molecular weight excluding hydrogens is 448 g/mol. The quantitative estimate of drug-likeness (QED) is 0.384. The number of carbonyl (C=O) groups is 1. The molecule has 4 aromatic rings. The molecule has 2 aromatic heterocycles. The molecule has 0 fully saturated rings. The first kappa shape index (κ1) is 25.6. The van der Waals surface area contributed by atoms with E-state index in [1.165, 1.54) is 0 Å². The molecular formula is C26H30N4O5. The minimum Gasteiger partial charge on any atom is -0.493 e. The van der Waals surface area contributed by atoms with Crippen molar-refractivity contribution in [3.63, 3.8) is 0 Å². The van der Waals surface area contributed by atoms with Crippen LogP contribution in [0, 0.1) is 5.92 Å². The SMILES string of the molecule is CC(C)[C@H](N)C(=O)O.COc1cc(-c2nc(-c3cccc4cnccc34)no2)ccc1OC(C)C. The van der Waals surface area contributed by atoms with Gasteiger partial charge < -0.3 is 24.8 Å². The summed E-state index contributed by atoms with van der Waals surface area (Å²) in [5.74, 6) is 1.34. The van der Waals surface area contributed by atoms with Gasteiger partial charge in [-0.15, -0.1) is 0 Å². The Hall–Kier alpha value is -3.98. The summed E-state index contributed by atoms with van der Waals surface area (Å²) in [6.07, 6.45) is 3.63. The Labute approximate surface area is 203 Å². The van der Waals surface area contributed by atoms with E-state index >= 15 is 0 Å². The number of rotatable bonds is 7. The Morgan fingerprint density at radius 3 is 2.49 bits per heavy atom. The molecule has 0 aliphatic heterocycles. The third-order valence-corrected chi connectivity index (χ3v) is 5.12. The van der Waals surface area contributed by atoms with E-state index in [1.807, 2.05) is 62.5 Å². The number of hydrogen-bond donors (Lipinski definition) is 2. The largest absolute Gasteiger partial charge is 0.493 e. The highest BCUT2D eigenvalue weighted by Crippen LogP contribution is 2.34. The number of nitrogens with zero attached hydrogens (tertiary/aromatic N) is 3. The van der Waals surface area contributed by atoms with Crippen molar-refractivity contribution >= 4 is 16.7 Å². The van der Waals surface area contributed by atoms with E-state index in [4.69, 9.17) is 24.8 Å². The van der Waals surface area contributed by atoms with Gasteiger partial charge in [-0.25, -0.2) is 0 Å². The molecule has 184 valence electrons. The predicted molar refractivity (Wildman–Crippen MR) is 133 cm³/mol. The fourth-order valence-electron chi connectivity index (χ4n) is 3.20. The Morgan fingerprint density at radius 1 is 1.09 bits per heavy atom. The lowest BCUT2D eigenvalue weighted by atomic mass is 10.1. The van der Waals surface area contributed by atoms with Crippen LogP contribution in [0.4, 0.5) is 0 Å². The van der Waals surface area contributed by atoms with Crippen LogP contribution in [0.1, 0.15) is 27.7 Å². The normalized spacial score (nSPS) is 11.8. The highest BCUT2D eigenvalue weighted by molar-refractivity contribution is 5.94. The van der Waals surface area contributed by atoms with E-state index in [2.05, 4.69) is 15.1 Å². The number of ether oxygens (including phenoxy) is 2. The van der Waals surface area contributed by atoms with Crippen molar-refractivity contribution < 1.29 is 23.9 Å². The van der Waals surface area contributed by atoms with Gasteiger partial charge in [0.2, 0.25) is 5.82 Å². The number of carboxylic acid groups (broad SMARTS) is 1. The first-order valence-corrected chi connectivity index (χ1v) is 11.2. The minimum absolute atomic E-state index is 0.0208. The van der Waals surface area contributed by atoms with Crippen molar-refractivity contribution in [3.05, 3.63) is 54.9 Å². The highest BCUT2D eigenvalue weighted by Gasteiger charge is 2.16. The minimum atomic E-state index is -0.931. The summed E-state index contributed by atoms with van der Waals surface area (Å²) in [6.45, 7) is 7.49. The number of aliphatic carboxylic acids is 1. The van der Waals surface area contributed by atoms with Crippen LogP contribution in [-0.4, -0.2) is 45.5 Å². The maximum absolute atomic E-state index is 10.0. The third kappa shape index (κ3) is 6.33. The molecule has 0 radical (unpaired) electrons. The number of carboxylic acids is 1. The number of nitrogens with two attached hydrogens (primary N) is 1. The second-order valence-corrected chi connectivity index (χ2v) is 8.47. The van der Waals surface area contributed by atoms with Crippen LogP contribution in [0.25, 0.3) is 33.6 Å². The number of benzene rings is 2. The average Bonchev–Trinajstić information content (AvgIpc) is 3.33. The van der Waals surface area contributed by atoms with E-state index in [-0.39, 0.29) is 12.0 Å². The summed E-state index contributed by atoms with van der Waals surface area (Å²) >= 11 is 0. The molecule has 0 bridgehead atoms. The van der Waals surface area contributed by atoms with E-state index in [0.717, 1.165) is 21.9 Å². The number of fused-ring (bicyclic) bond motifs is 1. The molecule has 4 rings (SSSR count). The van der Waals surface area contributed by atoms with Crippen LogP contribution in [0.15, 0.2) is 59.4 Å². The summed E-state index contributed by atoms with van der Waals surface area (Å²) in [5, 5.41) is 14.4. The number of hydrogen-bond acceptors (Lipinski definition) is 8. The molecule has 0 spiro atoms. The first-order chi connectivity index (χ1) is 16.7. The molecule has 1 atom stereocenters. The Balaban J connectivity index is 0.000000371. The maximum atomic E-state index is 10.0. The van der Waals surface area contributed by atoms with Crippen LogP contribution >= 0.6 is 0 Å².